The fourth-order valence-corrected chi connectivity index (χ4v) is 1.89. The van der Waals surface area contributed by atoms with Gasteiger partial charge in [0.05, 0.1) is 0 Å². The van der Waals surface area contributed by atoms with Crippen LogP contribution in [0.15, 0.2) is 36.7 Å². The van der Waals surface area contributed by atoms with Gasteiger partial charge in [-0.25, -0.2) is 9.97 Å². The van der Waals surface area contributed by atoms with Crippen LogP contribution < -0.4 is 5.73 Å². The van der Waals surface area contributed by atoms with E-state index in [-0.39, 0.29) is 11.8 Å². The Bertz CT molecular complexity index is 521. The van der Waals surface area contributed by atoms with Gasteiger partial charge in [0.1, 0.15) is 5.75 Å². The van der Waals surface area contributed by atoms with Crippen molar-refractivity contribution in [1.82, 2.24) is 9.97 Å². The average Bonchev–Trinajstić information content (AvgIpc) is 3.08. The van der Waals surface area contributed by atoms with E-state index in [4.69, 9.17) is 5.73 Å². The number of benzene rings is 1. The molecule has 1 aliphatic rings. The van der Waals surface area contributed by atoms with Crippen molar-refractivity contribution in [3.05, 3.63) is 42.2 Å². The van der Waals surface area contributed by atoms with Crippen LogP contribution in [0.25, 0.3) is 11.4 Å². The largest absolute Gasteiger partial charge is 0.508 e. The van der Waals surface area contributed by atoms with E-state index >= 15 is 0 Å². The van der Waals surface area contributed by atoms with Crippen LogP contribution >= 0.6 is 0 Å². The molecule has 1 aromatic heterocycles. The van der Waals surface area contributed by atoms with Gasteiger partial charge < -0.3 is 10.8 Å². The number of phenolic OH excluding ortho intramolecular Hbond substituents is 1. The fraction of sp³-hybridized carbons (Fsp3) is 0.231. The Hall–Kier alpha value is -1.94. The normalized spacial score (nSPS) is 22.4. The van der Waals surface area contributed by atoms with E-state index in [1.54, 1.807) is 24.3 Å². The second-order valence-electron chi connectivity index (χ2n) is 4.39. The summed E-state index contributed by atoms with van der Waals surface area (Å²) in [6, 6.07) is 7.13. The lowest BCUT2D eigenvalue weighted by atomic mass is 10.2. The Morgan fingerprint density at radius 3 is 2.24 bits per heavy atom. The van der Waals surface area contributed by atoms with Gasteiger partial charge in [-0.1, -0.05) is 0 Å². The maximum absolute atomic E-state index is 9.20. The molecular weight excluding hydrogens is 214 g/mol. The molecule has 0 unspecified atom stereocenters. The molecule has 0 bridgehead atoms. The van der Waals surface area contributed by atoms with Crippen LogP contribution in [0.5, 0.6) is 5.75 Å². The SMILES string of the molecule is N[C@@H]1C[C@H]1c1cnc(-c2ccc(O)cc2)nc1. The van der Waals surface area contributed by atoms with Gasteiger partial charge in [-0.2, -0.15) is 0 Å². The minimum Gasteiger partial charge on any atom is -0.508 e. The van der Waals surface area contributed by atoms with E-state index in [0.717, 1.165) is 17.5 Å². The molecular formula is C13H13N3O. The summed E-state index contributed by atoms with van der Waals surface area (Å²) in [5, 5.41) is 9.20. The number of hydrogen-bond acceptors (Lipinski definition) is 4. The molecule has 1 aliphatic carbocycles. The van der Waals surface area contributed by atoms with Crippen molar-refractivity contribution in [2.75, 3.05) is 0 Å². The first-order valence-corrected chi connectivity index (χ1v) is 5.61. The number of aromatic nitrogens is 2. The predicted molar refractivity (Wildman–Crippen MR) is 64.5 cm³/mol. The highest BCUT2D eigenvalue weighted by atomic mass is 16.3. The molecule has 0 amide bonds. The van der Waals surface area contributed by atoms with Gasteiger partial charge in [0.2, 0.25) is 0 Å². The predicted octanol–water partition coefficient (Wildman–Crippen LogP) is 1.66. The summed E-state index contributed by atoms with van der Waals surface area (Å²) in [7, 11) is 0. The topological polar surface area (TPSA) is 72.0 Å². The summed E-state index contributed by atoms with van der Waals surface area (Å²) in [4.78, 5) is 8.65. The number of hydrogen-bond donors (Lipinski definition) is 2. The highest BCUT2D eigenvalue weighted by molar-refractivity contribution is 5.55. The van der Waals surface area contributed by atoms with Gasteiger partial charge in [0.15, 0.2) is 5.82 Å². The summed E-state index contributed by atoms with van der Waals surface area (Å²) in [5.74, 6) is 1.35. The number of rotatable bonds is 2. The van der Waals surface area contributed by atoms with Crippen LogP contribution in [0.4, 0.5) is 0 Å². The van der Waals surface area contributed by atoms with Crippen molar-refractivity contribution >= 4 is 0 Å². The van der Waals surface area contributed by atoms with E-state index in [9.17, 15) is 5.11 Å². The summed E-state index contributed by atoms with van der Waals surface area (Å²) in [6.45, 7) is 0. The maximum atomic E-state index is 9.20. The molecule has 1 fully saturated rings. The minimum atomic E-state index is 0.245. The van der Waals surface area contributed by atoms with Crippen molar-refractivity contribution in [1.29, 1.82) is 0 Å². The van der Waals surface area contributed by atoms with Crippen molar-refractivity contribution in [2.24, 2.45) is 5.73 Å². The minimum absolute atomic E-state index is 0.245. The van der Waals surface area contributed by atoms with Crippen LogP contribution in [0.2, 0.25) is 0 Å². The number of aromatic hydroxyl groups is 1. The van der Waals surface area contributed by atoms with Crippen molar-refractivity contribution in [3.8, 4) is 17.1 Å². The molecule has 0 radical (unpaired) electrons. The van der Waals surface area contributed by atoms with Crippen molar-refractivity contribution in [2.45, 2.75) is 18.4 Å². The standard InChI is InChI=1S/C13H13N3O/c14-12-5-11(12)9-6-15-13(16-7-9)8-1-3-10(17)4-2-8/h1-4,6-7,11-12,17H,5,14H2/t11-,12+/m0/s1. The van der Waals surface area contributed by atoms with Gasteiger partial charge >= 0.3 is 0 Å². The molecule has 2 atom stereocenters. The van der Waals surface area contributed by atoms with Gasteiger partial charge in [-0.15, -0.1) is 0 Å². The Labute approximate surface area is 99.2 Å². The molecule has 17 heavy (non-hydrogen) atoms. The average molecular weight is 227 g/mol. The summed E-state index contributed by atoms with van der Waals surface area (Å²) in [5.41, 5.74) is 7.79. The molecule has 3 rings (SSSR count). The van der Waals surface area contributed by atoms with Crippen LogP contribution in [-0.4, -0.2) is 21.1 Å². The Balaban J connectivity index is 1.86. The lowest BCUT2D eigenvalue weighted by Gasteiger charge is -2.02. The van der Waals surface area contributed by atoms with E-state index in [1.165, 1.54) is 0 Å². The molecule has 0 spiro atoms. The Morgan fingerprint density at radius 2 is 1.71 bits per heavy atom. The third kappa shape index (κ3) is 1.99. The van der Waals surface area contributed by atoms with Crippen LogP contribution in [-0.2, 0) is 0 Å². The summed E-state index contributed by atoms with van der Waals surface area (Å²) in [6.07, 6.45) is 4.71. The first-order valence-electron chi connectivity index (χ1n) is 5.61. The summed E-state index contributed by atoms with van der Waals surface area (Å²) >= 11 is 0. The molecule has 4 nitrogen and oxygen atoms in total. The molecule has 1 saturated carbocycles. The fourth-order valence-electron chi connectivity index (χ4n) is 1.89. The first-order chi connectivity index (χ1) is 8.24. The van der Waals surface area contributed by atoms with E-state index < -0.39 is 0 Å². The van der Waals surface area contributed by atoms with Crippen molar-refractivity contribution < 1.29 is 5.11 Å². The number of nitrogens with two attached hydrogens (primary N) is 1. The van der Waals surface area contributed by atoms with E-state index in [0.29, 0.717) is 11.7 Å². The number of phenols is 1. The lowest BCUT2D eigenvalue weighted by molar-refractivity contribution is 0.475. The van der Waals surface area contributed by atoms with E-state index in [2.05, 4.69) is 9.97 Å². The maximum Gasteiger partial charge on any atom is 0.159 e. The van der Waals surface area contributed by atoms with Crippen LogP contribution in [0.3, 0.4) is 0 Å². The molecule has 3 N–H and O–H groups in total. The Morgan fingerprint density at radius 1 is 1.12 bits per heavy atom. The van der Waals surface area contributed by atoms with Crippen molar-refractivity contribution in [3.63, 3.8) is 0 Å². The third-order valence-electron chi connectivity index (χ3n) is 3.07. The van der Waals surface area contributed by atoms with E-state index in [1.807, 2.05) is 12.4 Å². The quantitative estimate of drug-likeness (QED) is 0.818. The zero-order chi connectivity index (χ0) is 11.8. The lowest BCUT2D eigenvalue weighted by Crippen LogP contribution is -2.01. The molecule has 0 aliphatic heterocycles. The zero-order valence-corrected chi connectivity index (χ0v) is 9.24. The molecule has 4 heteroatoms. The van der Waals surface area contributed by atoms with Gasteiger partial charge in [-0.3, -0.25) is 0 Å². The third-order valence-corrected chi connectivity index (χ3v) is 3.07. The number of nitrogens with zero attached hydrogens (tertiary/aromatic N) is 2. The second kappa shape index (κ2) is 3.82. The zero-order valence-electron chi connectivity index (χ0n) is 9.24. The smallest absolute Gasteiger partial charge is 0.159 e. The molecule has 86 valence electrons. The monoisotopic (exact) mass is 227 g/mol. The molecule has 2 aromatic rings. The van der Waals surface area contributed by atoms with Crippen LogP contribution in [0.1, 0.15) is 17.9 Å². The molecule has 1 heterocycles. The molecule has 0 saturated heterocycles. The molecule has 1 aromatic carbocycles. The van der Waals surface area contributed by atoms with Gasteiger partial charge in [-0.05, 0) is 36.2 Å². The van der Waals surface area contributed by atoms with Gasteiger partial charge in [0, 0.05) is 29.9 Å². The first kappa shape index (κ1) is 10.2. The second-order valence-corrected chi connectivity index (χ2v) is 4.39. The van der Waals surface area contributed by atoms with Gasteiger partial charge in [0.25, 0.3) is 0 Å². The van der Waals surface area contributed by atoms with Crippen LogP contribution in [0, 0.1) is 0 Å². The highest BCUT2D eigenvalue weighted by Crippen LogP contribution is 2.38. The Kier molecular flexibility index (Phi) is 2.30. The summed E-state index contributed by atoms with van der Waals surface area (Å²) < 4.78 is 0. The highest BCUT2D eigenvalue weighted by Gasteiger charge is 2.35.